The Hall–Kier alpha value is -3.68. The smallest absolute Gasteiger partial charge is 0.337 e. The van der Waals surface area contributed by atoms with Crippen molar-refractivity contribution in [2.45, 2.75) is 18.9 Å². The van der Waals surface area contributed by atoms with Crippen molar-refractivity contribution in [2.75, 3.05) is 17.7 Å². The summed E-state index contributed by atoms with van der Waals surface area (Å²) in [6.45, 7) is 0. The molecule has 1 aliphatic rings. The van der Waals surface area contributed by atoms with E-state index < -0.39 is 12.0 Å². The molecule has 1 aliphatic heterocycles. The van der Waals surface area contributed by atoms with Crippen LogP contribution in [0.25, 0.3) is 0 Å². The molecular formula is C20H19N3O5. The first kappa shape index (κ1) is 19.1. The van der Waals surface area contributed by atoms with Crippen LogP contribution in [0.5, 0.6) is 0 Å². The van der Waals surface area contributed by atoms with Crippen molar-refractivity contribution in [2.24, 2.45) is 0 Å². The van der Waals surface area contributed by atoms with Gasteiger partial charge >= 0.3 is 5.97 Å². The molecule has 3 rings (SSSR count). The summed E-state index contributed by atoms with van der Waals surface area (Å²) < 4.78 is 4.62. The second kappa shape index (κ2) is 8.34. The zero-order valence-electron chi connectivity index (χ0n) is 15.2. The fraction of sp³-hybridized carbons (Fsp3) is 0.200. The van der Waals surface area contributed by atoms with Gasteiger partial charge in [0.05, 0.1) is 23.9 Å². The molecule has 0 aliphatic carbocycles. The summed E-state index contributed by atoms with van der Waals surface area (Å²) in [5, 5.41) is 8.04. The average molecular weight is 381 g/mol. The van der Waals surface area contributed by atoms with Crippen molar-refractivity contribution in [3.63, 3.8) is 0 Å². The Kier molecular flexibility index (Phi) is 5.69. The highest BCUT2D eigenvalue weighted by Crippen LogP contribution is 2.19. The average Bonchev–Trinajstić information content (AvgIpc) is 2.82. The van der Waals surface area contributed by atoms with Crippen LogP contribution in [0, 0.1) is 0 Å². The summed E-state index contributed by atoms with van der Waals surface area (Å²) in [4.78, 5) is 48.2. The number of hydrogen-bond acceptors (Lipinski definition) is 5. The number of anilines is 2. The fourth-order valence-corrected chi connectivity index (χ4v) is 2.82. The van der Waals surface area contributed by atoms with E-state index in [1.807, 2.05) is 0 Å². The lowest BCUT2D eigenvalue weighted by Gasteiger charge is -2.14. The molecular weight excluding hydrogens is 362 g/mol. The van der Waals surface area contributed by atoms with Gasteiger partial charge in [0, 0.05) is 12.1 Å². The predicted octanol–water partition coefficient (Wildman–Crippen LogP) is 1.94. The Labute approximate surface area is 161 Å². The number of para-hydroxylation sites is 1. The zero-order chi connectivity index (χ0) is 20.1. The molecule has 0 saturated carbocycles. The van der Waals surface area contributed by atoms with E-state index in [4.69, 9.17) is 0 Å². The Morgan fingerprint density at radius 1 is 1.07 bits per heavy atom. The molecule has 1 heterocycles. The molecule has 144 valence electrons. The molecule has 0 spiro atoms. The van der Waals surface area contributed by atoms with Crippen LogP contribution in [0.2, 0.25) is 0 Å². The van der Waals surface area contributed by atoms with Gasteiger partial charge in [-0.25, -0.2) is 4.79 Å². The van der Waals surface area contributed by atoms with Gasteiger partial charge in [0.2, 0.25) is 11.8 Å². The van der Waals surface area contributed by atoms with E-state index in [9.17, 15) is 19.2 Å². The Bertz CT molecular complexity index is 924. The number of rotatable bonds is 5. The maximum Gasteiger partial charge on any atom is 0.337 e. The van der Waals surface area contributed by atoms with Gasteiger partial charge in [-0.05, 0) is 42.8 Å². The zero-order valence-corrected chi connectivity index (χ0v) is 15.2. The quantitative estimate of drug-likeness (QED) is 0.685. The van der Waals surface area contributed by atoms with E-state index in [0.29, 0.717) is 22.5 Å². The minimum absolute atomic E-state index is 0.0352. The van der Waals surface area contributed by atoms with Crippen molar-refractivity contribution in [3.05, 3.63) is 59.7 Å². The van der Waals surface area contributed by atoms with E-state index in [-0.39, 0.29) is 30.6 Å². The van der Waals surface area contributed by atoms with Crippen LogP contribution >= 0.6 is 0 Å². The molecule has 0 bridgehead atoms. The summed E-state index contributed by atoms with van der Waals surface area (Å²) in [6, 6.07) is 12.2. The summed E-state index contributed by atoms with van der Waals surface area (Å²) >= 11 is 0. The van der Waals surface area contributed by atoms with Gasteiger partial charge < -0.3 is 20.7 Å². The molecule has 1 atom stereocenters. The first-order valence-electron chi connectivity index (χ1n) is 8.67. The second-order valence-corrected chi connectivity index (χ2v) is 6.22. The molecule has 8 heteroatoms. The summed E-state index contributed by atoms with van der Waals surface area (Å²) in [5.41, 5.74) is 1.72. The minimum atomic E-state index is -0.813. The van der Waals surface area contributed by atoms with Gasteiger partial charge in [0.15, 0.2) is 0 Å². The third-order valence-corrected chi connectivity index (χ3v) is 4.30. The first-order chi connectivity index (χ1) is 13.5. The number of amides is 3. The lowest BCUT2D eigenvalue weighted by molar-refractivity contribution is -0.118. The first-order valence-corrected chi connectivity index (χ1v) is 8.67. The molecule has 2 aromatic rings. The van der Waals surface area contributed by atoms with Crippen LogP contribution in [0.1, 0.15) is 33.6 Å². The number of methoxy groups -OCH3 is 1. The van der Waals surface area contributed by atoms with Crippen molar-refractivity contribution in [1.29, 1.82) is 0 Å². The Morgan fingerprint density at radius 2 is 1.79 bits per heavy atom. The highest BCUT2D eigenvalue weighted by atomic mass is 16.5. The summed E-state index contributed by atoms with van der Waals surface area (Å²) in [5.74, 6) is -1.50. The number of benzene rings is 2. The Balaban J connectivity index is 1.56. The molecule has 8 nitrogen and oxygen atoms in total. The van der Waals surface area contributed by atoms with Gasteiger partial charge in [-0.2, -0.15) is 0 Å². The molecule has 0 radical (unpaired) electrons. The summed E-state index contributed by atoms with van der Waals surface area (Å²) in [7, 11) is 1.29. The van der Waals surface area contributed by atoms with Crippen molar-refractivity contribution >= 4 is 35.1 Å². The third-order valence-electron chi connectivity index (χ3n) is 4.30. The van der Waals surface area contributed by atoms with E-state index in [2.05, 4.69) is 20.7 Å². The number of nitrogens with one attached hydrogen (secondary N) is 3. The largest absolute Gasteiger partial charge is 0.465 e. The van der Waals surface area contributed by atoms with Gasteiger partial charge in [-0.1, -0.05) is 12.1 Å². The van der Waals surface area contributed by atoms with Crippen LogP contribution in [0.15, 0.2) is 48.5 Å². The number of esters is 1. The van der Waals surface area contributed by atoms with Crippen LogP contribution in [0.4, 0.5) is 11.4 Å². The lowest BCUT2D eigenvalue weighted by Crippen LogP contribution is -2.41. The van der Waals surface area contributed by atoms with Gasteiger partial charge in [0.1, 0.15) is 6.04 Å². The molecule has 3 N–H and O–H groups in total. The number of carbonyl (C=O) groups excluding carboxylic acids is 4. The van der Waals surface area contributed by atoms with Crippen LogP contribution < -0.4 is 16.0 Å². The van der Waals surface area contributed by atoms with Crippen LogP contribution in [-0.4, -0.2) is 36.8 Å². The van der Waals surface area contributed by atoms with E-state index in [1.54, 1.807) is 36.4 Å². The van der Waals surface area contributed by atoms with Crippen molar-refractivity contribution < 1.29 is 23.9 Å². The van der Waals surface area contributed by atoms with E-state index >= 15 is 0 Å². The lowest BCUT2D eigenvalue weighted by atomic mass is 10.1. The van der Waals surface area contributed by atoms with Crippen molar-refractivity contribution in [1.82, 2.24) is 5.32 Å². The SMILES string of the molecule is COC(=O)c1ccc(NC(=O)CC[C@H]2NC(=O)c3ccccc3NC2=O)cc1. The molecule has 3 amide bonds. The maximum absolute atomic E-state index is 12.3. The standard InChI is InChI=1S/C20H19N3O5/c1-28-20(27)12-6-8-13(9-7-12)21-17(24)11-10-16-19(26)22-15-5-3-2-4-14(15)18(25)23-16/h2-9,16H,10-11H2,1H3,(H,21,24)(H,22,26)(H,23,25)/t16-/m1/s1. The van der Waals surface area contributed by atoms with Crippen LogP contribution in [-0.2, 0) is 14.3 Å². The molecule has 2 aromatic carbocycles. The molecule has 0 aromatic heterocycles. The normalized spacial score (nSPS) is 15.5. The highest BCUT2D eigenvalue weighted by molar-refractivity contribution is 6.10. The summed E-state index contributed by atoms with van der Waals surface area (Å²) in [6.07, 6.45) is 0.186. The topological polar surface area (TPSA) is 114 Å². The maximum atomic E-state index is 12.3. The molecule has 0 fully saturated rings. The van der Waals surface area contributed by atoms with Crippen molar-refractivity contribution in [3.8, 4) is 0 Å². The number of hydrogen-bond donors (Lipinski definition) is 3. The van der Waals surface area contributed by atoms with Gasteiger partial charge in [-0.15, -0.1) is 0 Å². The second-order valence-electron chi connectivity index (χ2n) is 6.22. The van der Waals surface area contributed by atoms with Gasteiger partial charge in [0.25, 0.3) is 5.91 Å². The molecule has 28 heavy (non-hydrogen) atoms. The number of carbonyl (C=O) groups is 4. The van der Waals surface area contributed by atoms with E-state index in [0.717, 1.165) is 0 Å². The van der Waals surface area contributed by atoms with Crippen LogP contribution in [0.3, 0.4) is 0 Å². The number of ether oxygens (including phenoxy) is 1. The highest BCUT2D eigenvalue weighted by Gasteiger charge is 2.27. The van der Waals surface area contributed by atoms with Gasteiger partial charge in [-0.3, -0.25) is 14.4 Å². The fourth-order valence-electron chi connectivity index (χ4n) is 2.82. The molecule has 0 unspecified atom stereocenters. The van der Waals surface area contributed by atoms with E-state index in [1.165, 1.54) is 19.2 Å². The monoisotopic (exact) mass is 381 g/mol. The third kappa shape index (κ3) is 4.35. The molecule has 0 saturated heterocycles. The minimum Gasteiger partial charge on any atom is -0.465 e. The Morgan fingerprint density at radius 3 is 2.50 bits per heavy atom. The predicted molar refractivity (Wildman–Crippen MR) is 102 cm³/mol. The number of fused-ring (bicyclic) bond motifs is 1.